The average Bonchev–Trinajstić information content (AvgIpc) is 2.84. The van der Waals surface area contributed by atoms with E-state index >= 15 is 0 Å². The molecule has 1 saturated carbocycles. The topological polar surface area (TPSA) is 9.23 Å². The molecule has 2 aliphatic rings. The molecule has 164 valence electrons. The van der Waals surface area contributed by atoms with Crippen LogP contribution in [0.3, 0.4) is 0 Å². The lowest BCUT2D eigenvalue weighted by atomic mass is 9.78. The molecule has 0 N–H and O–H groups in total. The highest BCUT2D eigenvalue weighted by Gasteiger charge is 2.22. The number of hydrogen-bond acceptors (Lipinski definition) is 1. The zero-order valence-corrected chi connectivity index (χ0v) is 19.1. The van der Waals surface area contributed by atoms with Gasteiger partial charge in [0.2, 0.25) is 0 Å². The number of ether oxygens (including phenoxy) is 1. The van der Waals surface area contributed by atoms with Gasteiger partial charge in [-0.3, -0.25) is 0 Å². The molecule has 4 rings (SSSR count). The van der Waals surface area contributed by atoms with Crippen LogP contribution in [0.2, 0.25) is 0 Å². The first-order valence-corrected chi connectivity index (χ1v) is 12.4. The maximum absolute atomic E-state index is 6.06. The van der Waals surface area contributed by atoms with Gasteiger partial charge in [-0.1, -0.05) is 68.0 Å². The van der Waals surface area contributed by atoms with Gasteiger partial charge in [0.05, 0.1) is 6.61 Å². The van der Waals surface area contributed by atoms with Crippen LogP contribution in [0.1, 0.15) is 80.4 Å². The van der Waals surface area contributed by atoms with Crippen LogP contribution in [-0.4, -0.2) is 6.61 Å². The Morgan fingerprint density at radius 3 is 2.16 bits per heavy atom. The molecule has 31 heavy (non-hydrogen) atoms. The summed E-state index contributed by atoms with van der Waals surface area (Å²) in [4.78, 5) is 0. The number of aryl methyl sites for hydroxylation is 1. The Balaban J connectivity index is 1.26. The fourth-order valence-corrected chi connectivity index (χ4v) is 5.24. The molecule has 2 aromatic rings. The van der Waals surface area contributed by atoms with Crippen molar-refractivity contribution in [2.24, 2.45) is 11.8 Å². The van der Waals surface area contributed by atoms with Crippen molar-refractivity contribution in [2.75, 3.05) is 6.61 Å². The van der Waals surface area contributed by atoms with Crippen molar-refractivity contribution in [3.05, 3.63) is 90.0 Å². The first kappa shape index (κ1) is 21.9. The minimum atomic E-state index is 0.519. The van der Waals surface area contributed by atoms with Crippen molar-refractivity contribution in [1.82, 2.24) is 0 Å². The van der Waals surface area contributed by atoms with Crippen LogP contribution in [0.4, 0.5) is 0 Å². The summed E-state index contributed by atoms with van der Waals surface area (Å²) in [5.74, 6) is 3.54. The van der Waals surface area contributed by atoms with E-state index in [1.54, 1.807) is 0 Å². The van der Waals surface area contributed by atoms with Crippen molar-refractivity contribution >= 4 is 0 Å². The maximum Gasteiger partial charge on any atom is 0.119 e. The molecule has 2 aliphatic carbocycles. The van der Waals surface area contributed by atoms with Crippen molar-refractivity contribution in [3.63, 3.8) is 0 Å². The van der Waals surface area contributed by atoms with Gasteiger partial charge in [-0.05, 0) is 85.6 Å². The fraction of sp³-hybridized carbons (Fsp3) is 0.467. The van der Waals surface area contributed by atoms with Crippen molar-refractivity contribution in [3.8, 4) is 5.75 Å². The molecule has 0 bridgehead atoms. The van der Waals surface area contributed by atoms with Crippen molar-refractivity contribution in [1.29, 1.82) is 0 Å². The van der Waals surface area contributed by atoms with E-state index < -0.39 is 0 Å². The van der Waals surface area contributed by atoms with Gasteiger partial charge < -0.3 is 4.74 Å². The van der Waals surface area contributed by atoms with E-state index in [-0.39, 0.29) is 0 Å². The Kier molecular flexibility index (Phi) is 7.67. The molecule has 0 amide bonds. The zero-order valence-electron chi connectivity index (χ0n) is 19.1. The quantitative estimate of drug-likeness (QED) is 0.395. The Morgan fingerprint density at radius 2 is 1.55 bits per heavy atom. The lowest BCUT2D eigenvalue weighted by molar-refractivity contribution is 0.260. The average molecular weight is 415 g/mol. The SMILES string of the molecule is C=CC1CCC(c2ccc(C3C=CC(COc4ccc(CCC)cc4)CC3)cc2)CC1. The predicted octanol–water partition coefficient (Wildman–Crippen LogP) is 8.23. The van der Waals surface area contributed by atoms with Crippen molar-refractivity contribution in [2.45, 2.75) is 70.1 Å². The van der Waals surface area contributed by atoms with Crippen molar-refractivity contribution < 1.29 is 4.74 Å². The zero-order chi connectivity index (χ0) is 21.5. The molecule has 0 aliphatic heterocycles. The third kappa shape index (κ3) is 5.91. The monoisotopic (exact) mass is 414 g/mol. The summed E-state index contributed by atoms with van der Waals surface area (Å²) in [6, 6.07) is 18.1. The summed E-state index contributed by atoms with van der Waals surface area (Å²) in [5.41, 5.74) is 4.39. The second kappa shape index (κ2) is 10.8. The largest absolute Gasteiger partial charge is 0.493 e. The van der Waals surface area contributed by atoms with Gasteiger partial charge in [-0.2, -0.15) is 0 Å². The minimum Gasteiger partial charge on any atom is -0.493 e. The molecule has 0 heterocycles. The Hall–Kier alpha value is -2.28. The smallest absolute Gasteiger partial charge is 0.119 e. The fourth-order valence-electron chi connectivity index (χ4n) is 5.24. The maximum atomic E-state index is 6.06. The number of benzene rings is 2. The summed E-state index contributed by atoms with van der Waals surface area (Å²) in [7, 11) is 0. The molecule has 1 heteroatoms. The van der Waals surface area contributed by atoms with Gasteiger partial charge in [0, 0.05) is 11.8 Å². The second-order valence-corrected chi connectivity index (χ2v) is 9.55. The van der Waals surface area contributed by atoms with E-state index in [1.807, 2.05) is 0 Å². The van der Waals surface area contributed by atoms with E-state index in [0.29, 0.717) is 11.8 Å². The molecule has 2 atom stereocenters. The van der Waals surface area contributed by atoms with Gasteiger partial charge in [-0.25, -0.2) is 0 Å². The van der Waals surface area contributed by atoms with E-state index in [2.05, 4.69) is 80.3 Å². The Morgan fingerprint density at radius 1 is 0.839 bits per heavy atom. The predicted molar refractivity (Wildman–Crippen MR) is 132 cm³/mol. The van der Waals surface area contributed by atoms with Gasteiger partial charge in [0.25, 0.3) is 0 Å². The van der Waals surface area contributed by atoms with E-state index in [4.69, 9.17) is 4.74 Å². The molecule has 0 saturated heterocycles. The van der Waals surface area contributed by atoms with Gasteiger partial charge in [0.1, 0.15) is 5.75 Å². The first-order valence-electron chi connectivity index (χ1n) is 12.4. The highest BCUT2D eigenvalue weighted by molar-refractivity contribution is 5.31. The molecule has 0 aromatic heterocycles. The van der Waals surface area contributed by atoms with Crippen LogP contribution in [0, 0.1) is 11.8 Å². The first-order chi connectivity index (χ1) is 15.2. The lowest BCUT2D eigenvalue weighted by Crippen LogP contribution is -2.15. The van der Waals surface area contributed by atoms with Gasteiger partial charge >= 0.3 is 0 Å². The van der Waals surface area contributed by atoms with Gasteiger partial charge in [0.15, 0.2) is 0 Å². The van der Waals surface area contributed by atoms with Crippen LogP contribution in [0.5, 0.6) is 5.75 Å². The summed E-state index contributed by atoms with van der Waals surface area (Å²) >= 11 is 0. The second-order valence-electron chi connectivity index (χ2n) is 9.55. The highest BCUT2D eigenvalue weighted by atomic mass is 16.5. The molecule has 0 spiro atoms. The molecule has 1 nitrogen and oxygen atoms in total. The molecule has 0 radical (unpaired) electrons. The third-order valence-corrected chi connectivity index (χ3v) is 7.33. The minimum absolute atomic E-state index is 0.519. The number of hydrogen-bond donors (Lipinski definition) is 0. The van der Waals surface area contributed by atoms with Crippen LogP contribution < -0.4 is 4.74 Å². The Bertz CT molecular complexity index is 837. The normalized spacial score (nSPS) is 25.8. The molecular weight excluding hydrogens is 376 g/mol. The summed E-state index contributed by atoms with van der Waals surface area (Å²) in [5, 5.41) is 0. The number of allylic oxidation sites excluding steroid dienone is 2. The highest BCUT2D eigenvalue weighted by Crippen LogP contribution is 2.37. The summed E-state index contributed by atoms with van der Waals surface area (Å²) in [6.45, 7) is 6.97. The standard InChI is InChI=1S/C30H38O/c1-3-5-24-10-20-30(21-11-24)31-22-25-8-14-27(15-9-25)29-18-16-28(17-19-29)26-12-6-23(4-2)7-13-26/h4,8,10-11,14,16-21,23,25-27H,2-3,5-7,9,12-13,15,22H2,1H3. The van der Waals surface area contributed by atoms with Gasteiger partial charge in [-0.15, -0.1) is 6.58 Å². The van der Waals surface area contributed by atoms with E-state index in [0.717, 1.165) is 30.6 Å². The molecule has 2 aromatic carbocycles. The van der Waals surface area contributed by atoms with Crippen LogP contribution in [0.15, 0.2) is 73.3 Å². The third-order valence-electron chi connectivity index (χ3n) is 7.33. The van der Waals surface area contributed by atoms with E-state index in [9.17, 15) is 0 Å². The lowest BCUT2D eigenvalue weighted by Gasteiger charge is -2.27. The Labute approximate surface area is 189 Å². The molecule has 1 fully saturated rings. The molecular formula is C30H38O. The van der Waals surface area contributed by atoms with Crippen LogP contribution in [0.25, 0.3) is 0 Å². The van der Waals surface area contributed by atoms with E-state index in [1.165, 1.54) is 61.6 Å². The number of rotatable bonds is 8. The molecule has 2 unspecified atom stereocenters. The van der Waals surface area contributed by atoms with Crippen LogP contribution >= 0.6 is 0 Å². The summed E-state index contributed by atoms with van der Waals surface area (Å²) in [6.07, 6.45) is 16.9. The summed E-state index contributed by atoms with van der Waals surface area (Å²) < 4.78 is 6.06. The van der Waals surface area contributed by atoms with Crippen LogP contribution in [-0.2, 0) is 6.42 Å².